The number of nitrogens with one attached hydrogen (secondary N) is 1. The number of anilines is 1. The number of aryl methyl sites for hydroxylation is 2. The molecule has 0 bridgehead atoms. The molecule has 1 N–H and O–H groups in total. The van der Waals surface area contributed by atoms with Gasteiger partial charge in [-0.05, 0) is 49.8 Å². The zero-order valence-corrected chi connectivity index (χ0v) is 10.6. The van der Waals surface area contributed by atoms with Crippen LogP contribution in [0, 0.1) is 19.8 Å². The van der Waals surface area contributed by atoms with Gasteiger partial charge in [-0.2, -0.15) is 0 Å². The fourth-order valence-corrected chi connectivity index (χ4v) is 2.57. The van der Waals surface area contributed by atoms with Gasteiger partial charge < -0.3 is 5.32 Å². The van der Waals surface area contributed by atoms with Crippen molar-refractivity contribution >= 4 is 5.69 Å². The average Bonchev–Trinajstić information content (AvgIpc) is 2.32. The van der Waals surface area contributed by atoms with Crippen molar-refractivity contribution in [1.82, 2.24) is 0 Å². The van der Waals surface area contributed by atoms with E-state index in [1.165, 1.54) is 48.9 Å². The van der Waals surface area contributed by atoms with Crippen molar-refractivity contribution < 1.29 is 0 Å². The molecule has 1 aliphatic rings. The van der Waals surface area contributed by atoms with Crippen LogP contribution in [0.2, 0.25) is 0 Å². The summed E-state index contributed by atoms with van der Waals surface area (Å²) in [7, 11) is 0. The van der Waals surface area contributed by atoms with Crippen molar-refractivity contribution in [3.8, 4) is 0 Å². The van der Waals surface area contributed by atoms with Gasteiger partial charge in [-0.15, -0.1) is 0 Å². The molecular weight excluding hydrogens is 194 g/mol. The van der Waals surface area contributed by atoms with E-state index in [4.69, 9.17) is 0 Å². The summed E-state index contributed by atoms with van der Waals surface area (Å²) in [6.07, 6.45) is 7.13. The molecule has 1 fully saturated rings. The minimum atomic E-state index is 0.897. The van der Waals surface area contributed by atoms with Crippen LogP contribution in [0.5, 0.6) is 0 Å². The van der Waals surface area contributed by atoms with Crippen molar-refractivity contribution in [2.45, 2.75) is 46.0 Å². The first-order valence-electron chi connectivity index (χ1n) is 6.57. The van der Waals surface area contributed by atoms with Gasteiger partial charge in [-0.1, -0.05) is 31.4 Å². The Kier molecular flexibility index (Phi) is 3.87. The normalized spacial score (nSPS) is 17.4. The van der Waals surface area contributed by atoms with Crippen molar-refractivity contribution in [3.05, 3.63) is 29.3 Å². The van der Waals surface area contributed by atoms with Gasteiger partial charge in [0.05, 0.1) is 0 Å². The smallest absolute Gasteiger partial charge is 0.0372 e. The monoisotopic (exact) mass is 217 g/mol. The van der Waals surface area contributed by atoms with E-state index in [1.807, 2.05) is 0 Å². The second-order valence-corrected chi connectivity index (χ2v) is 5.20. The molecule has 0 aromatic heterocycles. The van der Waals surface area contributed by atoms with Crippen molar-refractivity contribution in [2.75, 3.05) is 11.9 Å². The van der Waals surface area contributed by atoms with Crippen LogP contribution < -0.4 is 5.32 Å². The standard InChI is InChI=1S/C15H23N/c1-12-8-9-13(2)15(10-12)16-11-14-6-4-3-5-7-14/h8-10,14,16H,3-7,11H2,1-2H3. The van der Waals surface area contributed by atoms with Crippen LogP contribution in [0.25, 0.3) is 0 Å². The molecule has 0 unspecified atom stereocenters. The van der Waals surface area contributed by atoms with E-state index in [2.05, 4.69) is 37.4 Å². The maximum atomic E-state index is 3.62. The summed E-state index contributed by atoms with van der Waals surface area (Å²) in [6.45, 7) is 5.50. The van der Waals surface area contributed by atoms with E-state index in [0.29, 0.717) is 0 Å². The van der Waals surface area contributed by atoms with Crippen LogP contribution >= 0.6 is 0 Å². The van der Waals surface area contributed by atoms with E-state index in [1.54, 1.807) is 0 Å². The summed E-state index contributed by atoms with van der Waals surface area (Å²) in [4.78, 5) is 0. The highest BCUT2D eigenvalue weighted by Gasteiger charge is 2.13. The lowest BCUT2D eigenvalue weighted by molar-refractivity contribution is 0.373. The molecule has 2 rings (SSSR count). The van der Waals surface area contributed by atoms with Gasteiger partial charge in [0.15, 0.2) is 0 Å². The number of rotatable bonds is 3. The molecule has 0 radical (unpaired) electrons. The van der Waals surface area contributed by atoms with Crippen LogP contribution in [-0.2, 0) is 0 Å². The van der Waals surface area contributed by atoms with Crippen molar-refractivity contribution in [3.63, 3.8) is 0 Å². The first-order valence-corrected chi connectivity index (χ1v) is 6.57. The Bertz CT molecular complexity index is 337. The summed E-state index contributed by atoms with van der Waals surface area (Å²) in [5, 5.41) is 3.62. The number of hydrogen-bond acceptors (Lipinski definition) is 1. The molecule has 1 nitrogen and oxygen atoms in total. The third-order valence-electron chi connectivity index (χ3n) is 3.70. The van der Waals surface area contributed by atoms with Crippen LogP contribution in [0.1, 0.15) is 43.2 Å². The third kappa shape index (κ3) is 3.01. The number of benzene rings is 1. The van der Waals surface area contributed by atoms with E-state index in [9.17, 15) is 0 Å². The molecule has 88 valence electrons. The molecule has 0 aliphatic heterocycles. The predicted octanol–water partition coefficient (Wildman–Crippen LogP) is 4.30. The molecule has 1 aromatic rings. The Balaban J connectivity index is 1.90. The zero-order chi connectivity index (χ0) is 11.4. The van der Waals surface area contributed by atoms with Crippen molar-refractivity contribution in [2.24, 2.45) is 5.92 Å². The third-order valence-corrected chi connectivity index (χ3v) is 3.70. The Hall–Kier alpha value is -0.980. The Morgan fingerprint density at radius 3 is 2.62 bits per heavy atom. The SMILES string of the molecule is Cc1ccc(C)c(NCC2CCCCC2)c1. The molecular formula is C15H23N. The van der Waals surface area contributed by atoms with Gasteiger partial charge in [0.25, 0.3) is 0 Å². The highest BCUT2D eigenvalue weighted by atomic mass is 14.9. The Morgan fingerprint density at radius 1 is 1.12 bits per heavy atom. The first kappa shape index (κ1) is 11.5. The van der Waals surface area contributed by atoms with Gasteiger partial charge in [-0.3, -0.25) is 0 Å². The first-order chi connectivity index (χ1) is 7.75. The fraction of sp³-hybridized carbons (Fsp3) is 0.600. The minimum Gasteiger partial charge on any atom is -0.385 e. The van der Waals surface area contributed by atoms with Gasteiger partial charge in [-0.25, -0.2) is 0 Å². The molecule has 0 spiro atoms. The molecule has 0 saturated heterocycles. The number of hydrogen-bond donors (Lipinski definition) is 1. The topological polar surface area (TPSA) is 12.0 Å². The van der Waals surface area contributed by atoms with Gasteiger partial charge >= 0.3 is 0 Å². The quantitative estimate of drug-likeness (QED) is 0.796. The maximum Gasteiger partial charge on any atom is 0.0372 e. The Labute approximate surface area is 99.3 Å². The minimum absolute atomic E-state index is 0.897. The predicted molar refractivity (Wildman–Crippen MR) is 71.0 cm³/mol. The second-order valence-electron chi connectivity index (χ2n) is 5.20. The zero-order valence-electron chi connectivity index (χ0n) is 10.6. The molecule has 1 saturated carbocycles. The van der Waals surface area contributed by atoms with E-state index >= 15 is 0 Å². The van der Waals surface area contributed by atoms with E-state index in [0.717, 1.165) is 12.5 Å². The molecule has 1 heteroatoms. The summed E-state index contributed by atoms with van der Waals surface area (Å²) in [5.74, 6) is 0.897. The van der Waals surface area contributed by atoms with Gasteiger partial charge in [0, 0.05) is 12.2 Å². The summed E-state index contributed by atoms with van der Waals surface area (Å²) < 4.78 is 0. The average molecular weight is 217 g/mol. The largest absolute Gasteiger partial charge is 0.385 e. The molecule has 1 aromatic carbocycles. The van der Waals surface area contributed by atoms with Crippen LogP contribution in [0.3, 0.4) is 0 Å². The molecule has 16 heavy (non-hydrogen) atoms. The van der Waals surface area contributed by atoms with Crippen molar-refractivity contribution in [1.29, 1.82) is 0 Å². The van der Waals surface area contributed by atoms with Crippen LogP contribution in [0.4, 0.5) is 5.69 Å². The highest BCUT2D eigenvalue weighted by Crippen LogP contribution is 2.24. The van der Waals surface area contributed by atoms with E-state index in [-0.39, 0.29) is 0 Å². The Morgan fingerprint density at radius 2 is 1.88 bits per heavy atom. The summed E-state index contributed by atoms with van der Waals surface area (Å²) >= 11 is 0. The fourth-order valence-electron chi connectivity index (χ4n) is 2.57. The lowest BCUT2D eigenvalue weighted by Crippen LogP contribution is -2.17. The molecule has 0 amide bonds. The summed E-state index contributed by atoms with van der Waals surface area (Å²) in [5.41, 5.74) is 4.03. The maximum absolute atomic E-state index is 3.62. The molecule has 0 heterocycles. The lowest BCUT2D eigenvalue weighted by atomic mass is 9.89. The second kappa shape index (κ2) is 5.38. The molecule has 0 atom stereocenters. The highest BCUT2D eigenvalue weighted by molar-refractivity contribution is 5.52. The molecule has 1 aliphatic carbocycles. The summed E-state index contributed by atoms with van der Waals surface area (Å²) in [6, 6.07) is 6.65. The van der Waals surface area contributed by atoms with Gasteiger partial charge in [0.1, 0.15) is 0 Å². The van der Waals surface area contributed by atoms with Crippen LogP contribution in [-0.4, -0.2) is 6.54 Å². The lowest BCUT2D eigenvalue weighted by Gasteiger charge is -2.23. The van der Waals surface area contributed by atoms with Crippen LogP contribution in [0.15, 0.2) is 18.2 Å². The van der Waals surface area contributed by atoms with E-state index < -0.39 is 0 Å². The van der Waals surface area contributed by atoms with Gasteiger partial charge in [0.2, 0.25) is 0 Å².